The van der Waals surface area contributed by atoms with Crippen molar-refractivity contribution < 1.29 is 96.0 Å². The van der Waals surface area contributed by atoms with E-state index in [4.69, 9.17) is 0 Å². The molecule has 16 heteroatoms. The number of pyridine rings is 4. The van der Waals surface area contributed by atoms with Crippen molar-refractivity contribution in [2.75, 3.05) is 0 Å². The van der Waals surface area contributed by atoms with Gasteiger partial charge in [-0.2, -0.15) is 0 Å². The van der Waals surface area contributed by atoms with Gasteiger partial charge in [0.15, 0.2) is 0 Å². The number of rotatable bonds is 4. The Morgan fingerprint density at radius 3 is 0.682 bits per heavy atom. The molecule has 15 nitrogen and oxygen atoms in total. The Bertz CT molecular complexity index is 1760. The molecule has 0 aliphatic rings. The SMILES string of the molecule is O.O.O.O=C([O-])c1ccc2ccc3ccc(C(=O)[O-])nc3c2n1.O=C([O-])c1ccc2ccc3ccc(C(=O)[O-])nc3c2n1.[Th+4]. The van der Waals surface area contributed by atoms with Crippen LogP contribution >= 0.6 is 0 Å². The maximum atomic E-state index is 10.9. The van der Waals surface area contributed by atoms with Crippen LogP contribution in [0.5, 0.6) is 0 Å². The van der Waals surface area contributed by atoms with Gasteiger partial charge in [0.1, 0.15) is 0 Å². The Hall–Kier alpha value is -4.84. The number of hydrogen-bond donors (Lipinski definition) is 0. The number of aromatic nitrogens is 4. The van der Waals surface area contributed by atoms with Crippen LogP contribution < -0.4 is 20.4 Å². The van der Waals surface area contributed by atoms with Gasteiger partial charge < -0.3 is 56.0 Å². The summed E-state index contributed by atoms with van der Waals surface area (Å²) in [6.07, 6.45) is 0. The van der Waals surface area contributed by atoms with Crippen LogP contribution in [0.1, 0.15) is 42.0 Å². The molecule has 44 heavy (non-hydrogen) atoms. The number of carbonyl (C=O) groups excluding carboxylic acids is 4. The van der Waals surface area contributed by atoms with Crippen LogP contribution in [0.3, 0.4) is 0 Å². The predicted octanol–water partition coefficient (Wildman–Crippen LogP) is -3.45. The number of benzene rings is 2. The molecule has 0 aliphatic carbocycles. The maximum Gasteiger partial charge on any atom is 4.00 e. The first-order valence-corrected chi connectivity index (χ1v) is 11.4. The minimum Gasteiger partial charge on any atom is -0.543 e. The molecule has 0 aliphatic heterocycles. The smallest absolute Gasteiger partial charge is 0.543 e. The average Bonchev–Trinajstić information content (AvgIpc) is 2.96. The molecule has 4 aromatic heterocycles. The van der Waals surface area contributed by atoms with Crippen LogP contribution in [-0.4, -0.2) is 60.2 Å². The summed E-state index contributed by atoms with van der Waals surface area (Å²) in [4.78, 5) is 59.3. The van der Waals surface area contributed by atoms with E-state index in [0.717, 1.165) is 0 Å². The van der Waals surface area contributed by atoms with Gasteiger partial charge in [0.05, 0.1) is 68.7 Å². The van der Waals surface area contributed by atoms with Gasteiger partial charge in [-0.15, -0.1) is 0 Å². The number of hydrogen-bond acceptors (Lipinski definition) is 12. The Morgan fingerprint density at radius 2 is 0.523 bits per heavy atom. The number of carboxylic acids is 4. The van der Waals surface area contributed by atoms with Gasteiger partial charge in [-0.1, -0.05) is 48.5 Å². The maximum absolute atomic E-state index is 10.9. The van der Waals surface area contributed by atoms with E-state index in [0.29, 0.717) is 43.6 Å². The van der Waals surface area contributed by atoms with Crippen LogP contribution in [0.25, 0.3) is 43.6 Å². The monoisotopic (exact) mass is 818 g/mol. The zero-order chi connectivity index (χ0) is 28.6. The van der Waals surface area contributed by atoms with Crippen molar-refractivity contribution in [1.82, 2.24) is 19.9 Å². The van der Waals surface area contributed by atoms with E-state index >= 15 is 0 Å². The van der Waals surface area contributed by atoms with Crippen molar-refractivity contribution in [2.24, 2.45) is 0 Å². The van der Waals surface area contributed by atoms with Crippen molar-refractivity contribution >= 4 is 67.5 Å². The molecule has 0 atom stereocenters. The quantitative estimate of drug-likeness (QED) is 0.157. The predicted molar refractivity (Wildman–Crippen MR) is 142 cm³/mol. The second-order valence-electron chi connectivity index (χ2n) is 8.35. The second-order valence-corrected chi connectivity index (χ2v) is 8.35. The van der Waals surface area contributed by atoms with Crippen LogP contribution in [-0.2, 0) is 0 Å². The molecule has 0 unspecified atom stereocenters. The van der Waals surface area contributed by atoms with Crippen molar-refractivity contribution in [3.8, 4) is 0 Å². The molecule has 0 bridgehead atoms. The van der Waals surface area contributed by atoms with Crippen LogP contribution in [0.4, 0.5) is 0 Å². The van der Waals surface area contributed by atoms with E-state index in [1.165, 1.54) is 24.3 Å². The topological polar surface area (TPSA) is 307 Å². The first-order chi connectivity index (χ1) is 19.1. The third-order valence-corrected chi connectivity index (χ3v) is 5.88. The number of carboxylic acid groups (broad SMARTS) is 4. The molecule has 0 fully saturated rings. The van der Waals surface area contributed by atoms with Gasteiger partial charge in [0.25, 0.3) is 0 Å². The summed E-state index contributed by atoms with van der Waals surface area (Å²) in [5.41, 5.74) is 0.326. The normalized spacial score (nSPS) is 9.82. The minimum absolute atomic E-state index is 0. The molecule has 6 aromatic rings. The summed E-state index contributed by atoms with van der Waals surface area (Å²) >= 11 is 0. The van der Waals surface area contributed by atoms with E-state index in [9.17, 15) is 39.6 Å². The van der Waals surface area contributed by atoms with E-state index in [1.54, 1.807) is 48.5 Å². The van der Waals surface area contributed by atoms with E-state index in [1.807, 2.05) is 0 Å². The Kier molecular flexibility index (Phi) is 12.7. The molecule has 4 heterocycles. The zero-order valence-electron chi connectivity index (χ0n) is 22.0. The molecular formula is C28H18N4O11Th. The fourth-order valence-electron chi connectivity index (χ4n) is 3.99. The number of carbonyl (C=O) groups is 4. The summed E-state index contributed by atoms with van der Waals surface area (Å²) in [5.74, 6) is -5.61. The first kappa shape index (κ1) is 37.2. The summed E-state index contributed by atoms with van der Waals surface area (Å²) in [6.45, 7) is 0. The number of nitrogens with zero attached hydrogens (tertiary/aromatic N) is 4. The summed E-state index contributed by atoms with van der Waals surface area (Å²) in [5, 5.41) is 46.1. The second kappa shape index (κ2) is 15.1. The van der Waals surface area contributed by atoms with E-state index < -0.39 is 23.9 Å². The molecular weight excluding hydrogens is 800 g/mol. The van der Waals surface area contributed by atoms with Crippen molar-refractivity contribution in [2.45, 2.75) is 0 Å². The van der Waals surface area contributed by atoms with Gasteiger partial charge in [0, 0.05) is 21.5 Å². The third kappa shape index (κ3) is 7.38. The van der Waals surface area contributed by atoms with Crippen molar-refractivity contribution in [3.05, 3.63) is 95.6 Å². The fraction of sp³-hybridized carbons (Fsp3) is 0. The molecule has 6 N–H and O–H groups in total. The van der Waals surface area contributed by atoms with Gasteiger partial charge in [0.2, 0.25) is 0 Å². The van der Waals surface area contributed by atoms with Gasteiger partial charge in [-0.25, -0.2) is 19.9 Å². The molecule has 220 valence electrons. The van der Waals surface area contributed by atoms with Gasteiger partial charge in [-0.05, 0) is 24.3 Å². The number of fused-ring (bicyclic) bond motifs is 6. The molecule has 0 radical (unpaired) electrons. The van der Waals surface area contributed by atoms with Crippen molar-refractivity contribution in [3.63, 3.8) is 0 Å². The largest absolute Gasteiger partial charge is 4.00 e. The third-order valence-electron chi connectivity index (χ3n) is 5.88. The summed E-state index contributed by atoms with van der Waals surface area (Å²) < 4.78 is 0. The van der Waals surface area contributed by atoms with E-state index in [2.05, 4.69) is 19.9 Å². The molecule has 6 rings (SSSR count). The Morgan fingerprint density at radius 1 is 0.364 bits per heavy atom. The van der Waals surface area contributed by atoms with Crippen LogP contribution in [0.2, 0.25) is 0 Å². The van der Waals surface area contributed by atoms with Crippen LogP contribution in [0.15, 0.2) is 72.8 Å². The van der Waals surface area contributed by atoms with Gasteiger partial charge in [-0.3, -0.25) is 0 Å². The number of aromatic carboxylic acids is 4. The Labute approximate surface area is 277 Å². The molecule has 0 amide bonds. The molecule has 0 saturated heterocycles. The van der Waals surface area contributed by atoms with E-state index in [-0.39, 0.29) is 79.1 Å². The fourth-order valence-corrected chi connectivity index (χ4v) is 3.99. The molecule has 0 spiro atoms. The Balaban J connectivity index is 0.000000403. The van der Waals surface area contributed by atoms with Crippen molar-refractivity contribution in [1.29, 1.82) is 0 Å². The minimum atomic E-state index is -1.40. The molecule has 2 aromatic carbocycles. The summed E-state index contributed by atoms with van der Waals surface area (Å²) in [7, 11) is 0. The first-order valence-electron chi connectivity index (χ1n) is 11.4. The average molecular weight is 819 g/mol. The van der Waals surface area contributed by atoms with Crippen LogP contribution in [0, 0.1) is 39.9 Å². The van der Waals surface area contributed by atoms with Gasteiger partial charge >= 0.3 is 39.9 Å². The molecule has 0 saturated carbocycles. The summed E-state index contributed by atoms with van der Waals surface area (Å²) in [6, 6.07) is 18.6. The standard InChI is InChI=1S/2C14H8N2O4.3H2O.Th/c2*17-13(18)9-5-3-7-1-2-8-4-6-10(14(19)20)16-12(8)11(7)15-9;;;;/h2*1-6H,(H,17,18)(H,19,20);3*1H2;/q;;;;;+4/p-4. The zero-order valence-corrected chi connectivity index (χ0v) is 26.1.